The van der Waals surface area contributed by atoms with Gasteiger partial charge < -0.3 is 28.4 Å². The second kappa shape index (κ2) is 9.14. The zero-order valence-electron chi connectivity index (χ0n) is 20.1. The fourth-order valence-corrected chi connectivity index (χ4v) is 4.13. The Morgan fingerprint density at radius 1 is 0.806 bits per heavy atom. The summed E-state index contributed by atoms with van der Waals surface area (Å²) in [7, 11) is 4.59. The highest BCUT2D eigenvalue weighted by Crippen LogP contribution is 2.33. The predicted molar refractivity (Wildman–Crippen MR) is 135 cm³/mol. The van der Waals surface area contributed by atoms with Crippen molar-refractivity contribution < 1.29 is 32.6 Å². The minimum absolute atomic E-state index is 0.148. The van der Waals surface area contributed by atoms with Crippen molar-refractivity contribution in [1.82, 2.24) is 0 Å². The molecule has 0 aliphatic heterocycles. The highest BCUT2D eigenvalue weighted by atomic mass is 16.5. The Hall–Kier alpha value is -4.72. The highest BCUT2D eigenvalue weighted by Gasteiger charge is 2.22. The number of fused-ring (bicyclic) bond motifs is 2. The van der Waals surface area contributed by atoms with Crippen LogP contribution in [0.15, 0.2) is 69.5 Å². The monoisotopic (exact) mass is 485 g/mol. The molecule has 0 spiro atoms. The lowest BCUT2D eigenvalue weighted by atomic mass is 10.0. The van der Waals surface area contributed by atoms with E-state index in [1.165, 1.54) is 14.2 Å². The van der Waals surface area contributed by atoms with Crippen molar-refractivity contribution in [3.63, 3.8) is 0 Å². The van der Waals surface area contributed by atoms with E-state index in [0.717, 1.165) is 10.8 Å². The van der Waals surface area contributed by atoms with Gasteiger partial charge in [0.25, 0.3) is 5.91 Å². The molecular formula is C28H23NO7. The van der Waals surface area contributed by atoms with E-state index in [0.29, 0.717) is 45.2 Å². The summed E-state index contributed by atoms with van der Waals surface area (Å²) in [5.41, 5.74) is 2.58. The standard InChI is InChI=1S/C28H23NO7/c1-15-19-10-9-18(29-28(31)24-13-17-6-5-7-21(33-3)27(17)36-24)14-22(19)35-26(15)25(30)16-8-11-20(32-2)23(12-16)34-4/h5-14H,1-4H3,(H,29,31). The summed E-state index contributed by atoms with van der Waals surface area (Å²) < 4.78 is 27.5. The van der Waals surface area contributed by atoms with E-state index in [4.69, 9.17) is 23.0 Å². The molecule has 1 amide bonds. The summed E-state index contributed by atoms with van der Waals surface area (Å²) in [6, 6.07) is 17.3. The maximum atomic E-state index is 13.2. The Bertz CT molecular complexity index is 1630. The number of furan rings is 2. The molecule has 0 bridgehead atoms. The van der Waals surface area contributed by atoms with Crippen molar-refractivity contribution >= 4 is 39.3 Å². The topological polar surface area (TPSA) is 100 Å². The molecule has 1 N–H and O–H groups in total. The van der Waals surface area contributed by atoms with Gasteiger partial charge >= 0.3 is 0 Å². The maximum absolute atomic E-state index is 13.2. The van der Waals surface area contributed by atoms with Gasteiger partial charge in [0.2, 0.25) is 5.78 Å². The third-order valence-corrected chi connectivity index (χ3v) is 6.00. The lowest BCUT2D eigenvalue weighted by molar-refractivity contribution is 0.0994. The third-order valence-electron chi connectivity index (χ3n) is 6.00. The molecule has 0 aliphatic rings. The molecule has 36 heavy (non-hydrogen) atoms. The average Bonchev–Trinajstić information content (AvgIpc) is 3.49. The van der Waals surface area contributed by atoms with Gasteiger partial charge in [0.05, 0.1) is 21.3 Å². The fraction of sp³-hybridized carbons (Fsp3) is 0.143. The second-order valence-corrected chi connectivity index (χ2v) is 8.11. The minimum Gasteiger partial charge on any atom is -0.493 e. The first-order chi connectivity index (χ1) is 17.4. The lowest BCUT2D eigenvalue weighted by Crippen LogP contribution is -2.10. The normalized spacial score (nSPS) is 11.0. The molecule has 5 aromatic rings. The van der Waals surface area contributed by atoms with Crippen LogP contribution in [0, 0.1) is 6.92 Å². The van der Waals surface area contributed by atoms with Crippen LogP contribution in [0.3, 0.4) is 0 Å². The van der Waals surface area contributed by atoms with Gasteiger partial charge in [-0.1, -0.05) is 12.1 Å². The Labute approximate surface area is 206 Å². The van der Waals surface area contributed by atoms with Gasteiger partial charge in [-0.05, 0) is 49.4 Å². The van der Waals surface area contributed by atoms with Crippen LogP contribution in [0.4, 0.5) is 5.69 Å². The summed E-state index contributed by atoms with van der Waals surface area (Å²) in [4.78, 5) is 26.1. The van der Waals surface area contributed by atoms with E-state index in [2.05, 4.69) is 5.32 Å². The van der Waals surface area contributed by atoms with Crippen molar-refractivity contribution in [2.45, 2.75) is 6.92 Å². The van der Waals surface area contributed by atoms with Crippen LogP contribution in [0.5, 0.6) is 17.2 Å². The number of amides is 1. The Kier molecular flexibility index (Phi) is 5.85. The summed E-state index contributed by atoms with van der Waals surface area (Å²) in [6.07, 6.45) is 0. The minimum atomic E-state index is -0.419. The zero-order valence-corrected chi connectivity index (χ0v) is 20.1. The van der Waals surface area contributed by atoms with Crippen molar-refractivity contribution in [2.24, 2.45) is 0 Å². The zero-order chi connectivity index (χ0) is 25.4. The van der Waals surface area contributed by atoms with Crippen LogP contribution in [-0.2, 0) is 0 Å². The molecular weight excluding hydrogens is 462 g/mol. The fourth-order valence-electron chi connectivity index (χ4n) is 4.13. The quantitative estimate of drug-likeness (QED) is 0.282. The number of carbonyl (C=O) groups excluding carboxylic acids is 2. The molecule has 0 radical (unpaired) electrons. The van der Waals surface area contributed by atoms with E-state index >= 15 is 0 Å². The number of para-hydroxylation sites is 1. The Morgan fingerprint density at radius 2 is 1.58 bits per heavy atom. The molecule has 0 unspecified atom stereocenters. The smallest absolute Gasteiger partial charge is 0.291 e. The molecule has 0 atom stereocenters. The van der Waals surface area contributed by atoms with Gasteiger partial charge in [-0.2, -0.15) is 0 Å². The summed E-state index contributed by atoms with van der Waals surface area (Å²) in [6.45, 7) is 1.82. The van der Waals surface area contributed by atoms with Crippen LogP contribution < -0.4 is 19.5 Å². The van der Waals surface area contributed by atoms with Crippen molar-refractivity contribution in [2.75, 3.05) is 26.6 Å². The van der Waals surface area contributed by atoms with Crippen molar-refractivity contribution in [3.8, 4) is 17.2 Å². The van der Waals surface area contributed by atoms with E-state index in [-0.39, 0.29) is 17.3 Å². The molecule has 5 rings (SSSR count). The van der Waals surface area contributed by atoms with Crippen LogP contribution in [0.25, 0.3) is 21.9 Å². The summed E-state index contributed by atoms with van der Waals surface area (Å²) in [5, 5.41) is 4.35. The molecule has 0 fully saturated rings. The van der Waals surface area contributed by atoms with Crippen molar-refractivity contribution in [3.05, 3.63) is 83.3 Å². The lowest BCUT2D eigenvalue weighted by Gasteiger charge is -2.08. The number of nitrogens with one attached hydrogen (secondary N) is 1. The first-order valence-electron chi connectivity index (χ1n) is 11.1. The maximum Gasteiger partial charge on any atom is 0.291 e. The summed E-state index contributed by atoms with van der Waals surface area (Å²) in [5.74, 6) is 1.18. The van der Waals surface area contributed by atoms with E-state index < -0.39 is 5.91 Å². The third kappa shape index (κ3) is 3.92. The van der Waals surface area contributed by atoms with Crippen LogP contribution in [-0.4, -0.2) is 33.0 Å². The number of hydrogen-bond donors (Lipinski definition) is 1. The molecule has 2 heterocycles. The highest BCUT2D eigenvalue weighted by molar-refractivity contribution is 6.11. The number of ketones is 1. The van der Waals surface area contributed by atoms with Gasteiger partial charge in [0.1, 0.15) is 5.58 Å². The van der Waals surface area contributed by atoms with Gasteiger partial charge in [-0.3, -0.25) is 9.59 Å². The van der Waals surface area contributed by atoms with Gasteiger partial charge in [-0.25, -0.2) is 0 Å². The number of benzene rings is 3. The Balaban J connectivity index is 1.43. The van der Waals surface area contributed by atoms with Crippen LogP contribution in [0.2, 0.25) is 0 Å². The van der Waals surface area contributed by atoms with Crippen LogP contribution in [0.1, 0.15) is 32.2 Å². The molecule has 8 heteroatoms. The number of aryl methyl sites for hydroxylation is 1. The first-order valence-corrected chi connectivity index (χ1v) is 11.1. The molecule has 0 saturated heterocycles. The van der Waals surface area contributed by atoms with Crippen LogP contribution >= 0.6 is 0 Å². The predicted octanol–water partition coefficient (Wildman–Crippen LogP) is 6.00. The van der Waals surface area contributed by atoms with E-state index in [1.807, 2.05) is 19.1 Å². The number of carbonyl (C=O) groups is 2. The molecule has 0 aliphatic carbocycles. The van der Waals surface area contributed by atoms with E-state index in [9.17, 15) is 9.59 Å². The SMILES string of the molecule is COc1ccc(C(=O)c2oc3cc(NC(=O)c4cc5cccc(OC)c5o4)ccc3c2C)cc1OC. The molecule has 3 aromatic carbocycles. The summed E-state index contributed by atoms with van der Waals surface area (Å²) >= 11 is 0. The van der Waals surface area contributed by atoms with Gasteiger partial charge in [-0.15, -0.1) is 0 Å². The Morgan fingerprint density at radius 3 is 2.33 bits per heavy atom. The van der Waals surface area contributed by atoms with Gasteiger partial charge in [0, 0.05) is 33.7 Å². The number of hydrogen-bond acceptors (Lipinski definition) is 7. The number of rotatable bonds is 7. The molecule has 8 nitrogen and oxygen atoms in total. The molecule has 2 aromatic heterocycles. The first kappa shape index (κ1) is 23.0. The average molecular weight is 485 g/mol. The van der Waals surface area contributed by atoms with E-state index in [1.54, 1.807) is 55.6 Å². The second-order valence-electron chi connectivity index (χ2n) is 8.11. The number of anilines is 1. The van der Waals surface area contributed by atoms with Gasteiger partial charge in [0.15, 0.2) is 34.4 Å². The number of ether oxygens (including phenoxy) is 3. The molecule has 182 valence electrons. The number of methoxy groups -OCH3 is 3. The molecule has 0 saturated carbocycles. The van der Waals surface area contributed by atoms with Crippen molar-refractivity contribution in [1.29, 1.82) is 0 Å². The largest absolute Gasteiger partial charge is 0.493 e.